The minimum atomic E-state index is -0.160. The first kappa shape index (κ1) is 34.2. The molecule has 3 heterocycles. The lowest BCUT2D eigenvalue weighted by Gasteiger charge is -2.22. The average molecular weight is 789 g/mol. The average Bonchev–Trinajstić information content (AvgIpc) is 4.03. The van der Waals surface area contributed by atoms with Gasteiger partial charge in [-0.25, -0.2) is 0 Å². The van der Waals surface area contributed by atoms with E-state index in [1.165, 1.54) is 109 Å². The number of hydrogen-bond donors (Lipinski definition) is 0. The molecule has 286 valence electrons. The van der Waals surface area contributed by atoms with Crippen LogP contribution in [0.4, 0.5) is 0 Å². The van der Waals surface area contributed by atoms with E-state index in [2.05, 4.69) is 178 Å². The molecule has 3 heteroatoms. The zero-order valence-electron chi connectivity index (χ0n) is 33.5. The molecule has 0 spiro atoms. The Hall–Kier alpha value is -6.68. The highest BCUT2D eigenvalue weighted by Crippen LogP contribution is 2.55. The van der Waals surface area contributed by atoms with Crippen molar-refractivity contribution in [1.29, 1.82) is 0 Å². The number of hydrogen-bond acceptors (Lipinski definition) is 3. The number of fused-ring (bicyclic) bond motifs is 13. The van der Waals surface area contributed by atoms with Gasteiger partial charge in [-0.2, -0.15) is 0 Å². The van der Waals surface area contributed by atoms with Gasteiger partial charge in [-0.3, -0.25) is 0 Å². The van der Waals surface area contributed by atoms with E-state index in [1.807, 2.05) is 11.3 Å². The number of rotatable bonds is 4. The van der Waals surface area contributed by atoms with E-state index in [9.17, 15) is 0 Å². The quantitative estimate of drug-likeness (QED) is 0.177. The Labute approximate surface area is 353 Å². The summed E-state index contributed by atoms with van der Waals surface area (Å²) in [5.74, 6) is 0.983. The Balaban J connectivity index is 0.856. The second kappa shape index (κ2) is 12.7. The molecule has 0 saturated heterocycles. The summed E-state index contributed by atoms with van der Waals surface area (Å²) in [5.41, 5.74) is 19.9. The van der Waals surface area contributed by atoms with Crippen LogP contribution in [0, 0.1) is 0 Å². The molecule has 1 unspecified atom stereocenters. The molecule has 4 aliphatic rings. The first-order valence-corrected chi connectivity index (χ1v) is 22.0. The Morgan fingerprint density at radius 2 is 1.35 bits per heavy atom. The van der Waals surface area contributed by atoms with Crippen molar-refractivity contribution in [3.8, 4) is 39.1 Å². The summed E-state index contributed by atoms with van der Waals surface area (Å²) in [4.78, 5) is 0. The monoisotopic (exact) mass is 788 g/mol. The van der Waals surface area contributed by atoms with E-state index < -0.39 is 0 Å². The zero-order valence-corrected chi connectivity index (χ0v) is 34.3. The molecule has 0 radical (unpaired) electrons. The molecule has 0 fully saturated rings. The highest BCUT2D eigenvalue weighted by molar-refractivity contribution is 7.26. The smallest absolute Gasteiger partial charge is 0.135 e. The van der Waals surface area contributed by atoms with Crippen molar-refractivity contribution in [2.24, 2.45) is 0 Å². The van der Waals surface area contributed by atoms with Gasteiger partial charge in [0.2, 0.25) is 0 Å². The SMILES string of the molecule is CC1(C)c2cc(-c3ccc4oc5ccc(C6=CC=CCC6)cc5c4c3)ccc2-c2ccc3c(sc4ccc(C5=CCC6Oc7ccc(-c8ccccc8)cc7C6=C5)cc43)c21. The van der Waals surface area contributed by atoms with Crippen LogP contribution in [0.3, 0.4) is 0 Å². The third-order valence-corrected chi connectivity index (χ3v) is 14.8. The molecule has 7 aromatic carbocycles. The third kappa shape index (κ3) is 5.06. The van der Waals surface area contributed by atoms with E-state index in [0.29, 0.717) is 0 Å². The molecule has 9 aromatic rings. The van der Waals surface area contributed by atoms with E-state index in [0.717, 1.165) is 36.2 Å². The van der Waals surface area contributed by atoms with Crippen molar-refractivity contribution in [1.82, 2.24) is 0 Å². The fraction of sp³-hybridized carbons (Fsp3) is 0.123. The molecule has 1 atom stereocenters. The molecule has 0 N–H and O–H groups in total. The predicted octanol–water partition coefficient (Wildman–Crippen LogP) is 16.0. The van der Waals surface area contributed by atoms with Crippen LogP contribution in [0.5, 0.6) is 5.75 Å². The summed E-state index contributed by atoms with van der Waals surface area (Å²) < 4.78 is 15.5. The normalized spacial score (nSPS) is 17.3. The Morgan fingerprint density at radius 1 is 0.617 bits per heavy atom. The first-order chi connectivity index (χ1) is 29.4. The van der Waals surface area contributed by atoms with Crippen LogP contribution in [0.2, 0.25) is 0 Å². The molecule has 60 heavy (non-hydrogen) atoms. The predicted molar refractivity (Wildman–Crippen MR) is 253 cm³/mol. The minimum Gasteiger partial charge on any atom is -0.485 e. The summed E-state index contributed by atoms with van der Waals surface area (Å²) in [6.07, 6.45) is 14.5. The highest BCUT2D eigenvalue weighted by Gasteiger charge is 2.38. The molecule has 0 saturated carbocycles. The highest BCUT2D eigenvalue weighted by atomic mass is 32.1. The van der Waals surface area contributed by atoms with Crippen molar-refractivity contribution >= 4 is 70.2 Å². The van der Waals surface area contributed by atoms with Gasteiger partial charge in [-0.1, -0.05) is 117 Å². The van der Waals surface area contributed by atoms with Gasteiger partial charge in [0.05, 0.1) is 0 Å². The summed E-state index contributed by atoms with van der Waals surface area (Å²) in [5, 5.41) is 5.03. The maximum absolute atomic E-state index is 6.46. The number of thiophene rings is 1. The molecule has 2 aromatic heterocycles. The molecule has 0 bridgehead atoms. The first-order valence-electron chi connectivity index (χ1n) is 21.2. The number of furan rings is 1. The maximum Gasteiger partial charge on any atom is 0.135 e. The third-order valence-electron chi connectivity index (χ3n) is 13.6. The van der Waals surface area contributed by atoms with Crippen molar-refractivity contribution in [2.45, 2.75) is 44.6 Å². The molecule has 1 aliphatic heterocycles. The Bertz CT molecular complexity index is 3450. The number of benzene rings is 7. The van der Waals surface area contributed by atoms with Crippen LogP contribution in [-0.2, 0) is 5.41 Å². The molecular weight excluding hydrogens is 749 g/mol. The van der Waals surface area contributed by atoms with Gasteiger partial charge in [0, 0.05) is 53.9 Å². The fourth-order valence-electron chi connectivity index (χ4n) is 10.5. The standard InChI is InChI=1S/C57H40O2S/c1-57(2)49-32-40(38-17-25-53-47(30-38)45-28-36(15-23-51(45)59-53)34-11-7-4-8-12-34)13-19-41(49)42-20-21-43-48-31-39(18-26-54(48)60-56(43)55(42)57)37-16-24-52-46(29-37)44-27-35(14-22-50(44)58-52)33-9-5-3-6-10-33/h3-7,9-11,13-23,25-32,52H,8,12,24H2,1-2H3. The van der Waals surface area contributed by atoms with Crippen molar-refractivity contribution in [3.63, 3.8) is 0 Å². The van der Waals surface area contributed by atoms with Gasteiger partial charge in [0.25, 0.3) is 0 Å². The lowest BCUT2D eigenvalue weighted by atomic mass is 9.81. The minimum absolute atomic E-state index is 0.0659. The largest absolute Gasteiger partial charge is 0.485 e. The van der Waals surface area contributed by atoms with Gasteiger partial charge in [0.1, 0.15) is 23.0 Å². The number of ether oxygens (including phenoxy) is 1. The van der Waals surface area contributed by atoms with E-state index in [4.69, 9.17) is 9.15 Å². The van der Waals surface area contributed by atoms with Gasteiger partial charge < -0.3 is 9.15 Å². The van der Waals surface area contributed by atoms with E-state index in [-0.39, 0.29) is 11.5 Å². The molecule has 3 aliphatic carbocycles. The Morgan fingerprint density at radius 3 is 2.20 bits per heavy atom. The van der Waals surface area contributed by atoms with Gasteiger partial charge in [-0.05, 0) is 140 Å². The maximum atomic E-state index is 6.46. The second-order valence-corrected chi connectivity index (χ2v) is 18.5. The van der Waals surface area contributed by atoms with Crippen LogP contribution in [0.1, 0.15) is 60.9 Å². The lowest BCUT2D eigenvalue weighted by molar-refractivity contribution is 0.279. The molecule has 2 nitrogen and oxygen atoms in total. The van der Waals surface area contributed by atoms with Crippen LogP contribution in [0.15, 0.2) is 168 Å². The molecular formula is C57H40O2S. The summed E-state index contributed by atoms with van der Waals surface area (Å²) >= 11 is 1.94. The lowest BCUT2D eigenvalue weighted by Crippen LogP contribution is -2.15. The fourth-order valence-corrected chi connectivity index (χ4v) is 11.9. The second-order valence-electron chi connectivity index (χ2n) is 17.4. The van der Waals surface area contributed by atoms with Crippen molar-refractivity contribution in [3.05, 3.63) is 192 Å². The molecule has 0 amide bonds. The van der Waals surface area contributed by atoms with Gasteiger partial charge >= 0.3 is 0 Å². The van der Waals surface area contributed by atoms with Crippen LogP contribution in [-0.4, -0.2) is 6.10 Å². The summed E-state index contributed by atoms with van der Waals surface area (Å²) in [6.45, 7) is 4.83. The van der Waals surface area contributed by atoms with Crippen molar-refractivity contribution in [2.75, 3.05) is 0 Å². The topological polar surface area (TPSA) is 22.4 Å². The van der Waals surface area contributed by atoms with Gasteiger partial charge in [-0.15, -0.1) is 11.3 Å². The van der Waals surface area contributed by atoms with E-state index in [1.54, 1.807) is 0 Å². The van der Waals surface area contributed by atoms with Crippen LogP contribution in [0.25, 0.3) is 92.2 Å². The molecule has 13 rings (SSSR count). The summed E-state index contributed by atoms with van der Waals surface area (Å²) in [7, 11) is 0. The zero-order chi connectivity index (χ0) is 39.7. The Kier molecular flexibility index (Phi) is 7.22. The number of allylic oxidation sites excluding steroid dienone is 6. The van der Waals surface area contributed by atoms with Crippen LogP contribution >= 0.6 is 11.3 Å². The van der Waals surface area contributed by atoms with Gasteiger partial charge in [0.15, 0.2) is 0 Å². The summed E-state index contributed by atoms with van der Waals surface area (Å²) in [6, 6.07) is 49.6. The van der Waals surface area contributed by atoms with Crippen LogP contribution < -0.4 is 4.74 Å². The van der Waals surface area contributed by atoms with Crippen molar-refractivity contribution < 1.29 is 9.15 Å². The van der Waals surface area contributed by atoms with E-state index >= 15 is 0 Å².